The van der Waals surface area contributed by atoms with Crippen LogP contribution in [0.1, 0.15) is 110 Å². The number of unbranched alkanes of at least 4 members (excludes halogenated alkanes) is 12. The van der Waals surface area contributed by atoms with E-state index in [1.807, 2.05) is 0 Å². The molecule has 0 bridgehead atoms. The predicted molar refractivity (Wildman–Crippen MR) is 102 cm³/mol. The first-order chi connectivity index (χ1) is 11.3. The van der Waals surface area contributed by atoms with Gasteiger partial charge < -0.3 is 4.74 Å². The van der Waals surface area contributed by atoms with E-state index in [0.717, 1.165) is 25.5 Å². The molecule has 1 heterocycles. The average Bonchev–Trinajstić information content (AvgIpc) is 2.59. The minimum absolute atomic E-state index is 0.531. The first-order valence-electron chi connectivity index (χ1n) is 10.5. The molecule has 0 aromatic heterocycles. The van der Waals surface area contributed by atoms with Gasteiger partial charge in [-0.3, -0.25) is 4.99 Å². The van der Waals surface area contributed by atoms with Crippen molar-refractivity contribution >= 4 is 5.90 Å². The SMILES string of the molecule is CCCCCCCCCCCCCCCC(C)C1=NCCCO1. The summed E-state index contributed by atoms with van der Waals surface area (Å²) in [5.41, 5.74) is 0. The number of hydrogen-bond acceptors (Lipinski definition) is 2. The van der Waals surface area contributed by atoms with Crippen molar-refractivity contribution in [3.05, 3.63) is 0 Å². The van der Waals surface area contributed by atoms with E-state index in [-0.39, 0.29) is 0 Å². The van der Waals surface area contributed by atoms with Gasteiger partial charge in [0.05, 0.1) is 6.61 Å². The van der Waals surface area contributed by atoms with Gasteiger partial charge in [0.15, 0.2) is 5.90 Å². The van der Waals surface area contributed by atoms with E-state index in [2.05, 4.69) is 18.8 Å². The van der Waals surface area contributed by atoms with Gasteiger partial charge in [-0.05, 0) is 6.42 Å². The highest BCUT2D eigenvalue weighted by atomic mass is 16.5. The van der Waals surface area contributed by atoms with E-state index in [1.54, 1.807) is 0 Å². The van der Waals surface area contributed by atoms with E-state index in [9.17, 15) is 0 Å². The molecule has 0 fully saturated rings. The van der Waals surface area contributed by atoms with Gasteiger partial charge in [-0.1, -0.05) is 97.3 Å². The van der Waals surface area contributed by atoms with Gasteiger partial charge in [-0.25, -0.2) is 0 Å². The summed E-state index contributed by atoms with van der Waals surface area (Å²) in [6.07, 6.45) is 20.9. The fourth-order valence-corrected chi connectivity index (χ4v) is 3.37. The molecule has 1 atom stereocenters. The van der Waals surface area contributed by atoms with Gasteiger partial charge in [-0.2, -0.15) is 0 Å². The van der Waals surface area contributed by atoms with Crippen LogP contribution in [0.5, 0.6) is 0 Å². The van der Waals surface area contributed by atoms with E-state index >= 15 is 0 Å². The third kappa shape index (κ3) is 11.6. The Kier molecular flexibility index (Phi) is 13.4. The van der Waals surface area contributed by atoms with Gasteiger partial charge in [0.25, 0.3) is 0 Å². The molecule has 1 unspecified atom stereocenters. The summed E-state index contributed by atoms with van der Waals surface area (Å²) < 4.78 is 5.65. The molecule has 136 valence electrons. The maximum absolute atomic E-state index is 5.65. The maximum Gasteiger partial charge on any atom is 0.186 e. The molecular weight excluding hydrogens is 282 g/mol. The summed E-state index contributed by atoms with van der Waals surface area (Å²) in [6, 6.07) is 0. The standard InChI is InChI=1S/C21H41NO/c1-3-4-5-6-7-8-9-10-11-12-13-14-15-17-20(2)21-22-18-16-19-23-21/h20H,3-19H2,1-2H3. The minimum Gasteiger partial charge on any atom is -0.481 e. The van der Waals surface area contributed by atoms with Crippen LogP contribution in [0.2, 0.25) is 0 Å². The van der Waals surface area contributed by atoms with Gasteiger partial charge in [0.1, 0.15) is 0 Å². The fraction of sp³-hybridized carbons (Fsp3) is 0.952. The van der Waals surface area contributed by atoms with Gasteiger partial charge in [0, 0.05) is 18.9 Å². The second-order valence-electron chi connectivity index (χ2n) is 7.35. The lowest BCUT2D eigenvalue weighted by molar-refractivity contribution is 0.258. The monoisotopic (exact) mass is 323 g/mol. The van der Waals surface area contributed by atoms with Crippen LogP contribution in [0.25, 0.3) is 0 Å². The van der Waals surface area contributed by atoms with E-state index in [4.69, 9.17) is 4.74 Å². The molecule has 0 aliphatic carbocycles. The molecule has 0 aromatic carbocycles. The van der Waals surface area contributed by atoms with Crippen LogP contribution in [0.4, 0.5) is 0 Å². The lowest BCUT2D eigenvalue weighted by atomic mass is 10.0. The summed E-state index contributed by atoms with van der Waals surface area (Å²) >= 11 is 0. The Bertz CT molecular complexity index is 288. The molecule has 0 amide bonds. The molecule has 2 heteroatoms. The smallest absolute Gasteiger partial charge is 0.186 e. The van der Waals surface area contributed by atoms with E-state index < -0.39 is 0 Å². The highest BCUT2D eigenvalue weighted by molar-refractivity contribution is 5.78. The zero-order valence-electron chi connectivity index (χ0n) is 16.0. The normalized spacial score (nSPS) is 16.0. The summed E-state index contributed by atoms with van der Waals surface area (Å²) in [5.74, 6) is 1.55. The molecule has 1 aliphatic rings. The Labute approximate surface area is 145 Å². The van der Waals surface area contributed by atoms with Crippen molar-refractivity contribution in [3.8, 4) is 0 Å². The summed E-state index contributed by atoms with van der Waals surface area (Å²) in [5, 5.41) is 0. The van der Waals surface area contributed by atoms with Gasteiger partial charge in [-0.15, -0.1) is 0 Å². The van der Waals surface area contributed by atoms with Crippen molar-refractivity contribution in [2.24, 2.45) is 10.9 Å². The third-order valence-corrected chi connectivity index (χ3v) is 4.98. The van der Waals surface area contributed by atoms with Crippen molar-refractivity contribution in [1.82, 2.24) is 0 Å². The van der Waals surface area contributed by atoms with Crippen LogP contribution in [-0.2, 0) is 4.74 Å². The molecule has 0 saturated carbocycles. The second-order valence-corrected chi connectivity index (χ2v) is 7.35. The highest BCUT2D eigenvalue weighted by Gasteiger charge is 2.14. The van der Waals surface area contributed by atoms with Crippen LogP contribution in [-0.4, -0.2) is 19.0 Å². The Hall–Kier alpha value is -0.530. The number of nitrogens with zero attached hydrogens (tertiary/aromatic N) is 1. The average molecular weight is 324 g/mol. The fourth-order valence-electron chi connectivity index (χ4n) is 3.37. The topological polar surface area (TPSA) is 21.6 Å². The summed E-state index contributed by atoms with van der Waals surface area (Å²) in [6.45, 7) is 6.41. The lowest BCUT2D eigenvalue weighted by Crippen LogP contribution is -2.20. The van der Waals surface area contributed by atoms with Gasteiger partial charge in [0.2, 0.25) is 0 Å². The first-order valence-corrected chi connectivity index (χ1v) is 10.5. The van der Waals surface area contributed by atoms with Crippen LogP contribution < -0.4 is 0 Å². The molecule has 2 nitrogen and oxygen atoms in total. The van der Waals surface area contributed by atoms with Crippen LogP contribution >= 0.6 is 0 Å². The molecule has 0 spiro atoms. The molecule has 0 radical (unpaired) electrons. The molecular formula is C21H41NO. The Morgan fingerprint density at radius 3 is 1.83 bits per heavy atom. The zero-order chi connectivity index (χ0) is 16.6. The highest BCUT2D eigenvalue weighted by Crippen LogP contribution is 2.17. The van der Waals surface area contributed by atoms with Crippen molar-refractivity contribution in [2.45, 2.75) is 110 Å². The molecule has 0 saturated heterocycles. The molecule has 1 aliphatic heterocycles. The molecule has 1 rings (SSSR count). The Balaban J connectivity index is 1.78. The Morgan fingerprint density at radius 1 is 0.826 bits per heavy atom. The summed E-state index contributed by atoms with van der Waals surface area (Å²) in [4.78, 5) is 4.50. The predicted octanol–water partition coefficient (Wildman–Crippen LogP) is 6.92. The third-order valence-electron chi connectivity index (χ3n) is 4.98. The number of hydrogen-bond donors (Lipinski definition) is 0. The van der Waals surface area contributed by atoms with Crippen molar-refractivity contribution in [1.29, 1.82) is 0 Å². The quantitative estimate of drug-likeness (QED) is 0.300. The molecule has 0 aromatic rings. The zero-order valence-corrected chi connectivity index (χ0v) is 16.0. The van der Waals surface area contributed by atoms with Crippen LogP contribution in [0, 0.1) is 5.92 Å². The van der Waals surface area contributed by atoms with Gasteiger partial charge >= 0.3 is 0 Å². The van der Waals surface area contributed by atoms with Crippen LogP contribution in [0.15, 0.2) is 4.99 Å². The van der Waals surface area contributed by atoms with E-state index in [0.29, 0.717) is 5.92 Å². The van der Waals surface area contributed by atoms with Crippen molar-refractivity contribution < 1.29 is 4.74 Å². The molecule has 0 N–H and O–H groups in total. The second kappa shape index (κ2) is 15.0. The first kappa shape index (κ1) is 20.5. The Morgan fingerprint density at radius 2 is 1.35 bits per heavy atom. The minimum atomic E-state index is 0.531. The van der Waals surface area contributed by atoms with Crippen molar-refractivity contribution in [3.63, 3.8) is 0 Å². The number of ether oxygens (including phenoxy) is 1. The number of rotatable bonds is 15. The lowest BCUT2D eigenvalue weighted by Gasteiger charge is -2.19. The van der Waals surface area contributed by atoms with Crippen LogP contribution in [0.3, 0.4) is 0 Å². The summed E-state index contributed by atoms with van der Waals surface area (Å²) in [7, 11) is 0. The van der Waals surface area contributed by atoms with Crippen molar-refractivity contribution in [2.75, 3.05) is 13.2 Å². The maximum atomic E-state index is 5.65. The molecule has 23 heavy (non-hydrogen) atoms. The largest absolute Gasteiger partial charge is 0.481 e. The van der Waals surface area contributed by atoms with E-state index in [1.165, 1.54) is 89.9 Å². The number of aliphatic imine (C=N–C) groups is 1.